The van der Waals surface area contributed by atoms with Crippen LogP contribution in [-0.4, -0.2) is 35.2 Å². The summed E-state index contributed by atoms with van der Waals surface area (Å²) in [7, 11) is 0. The Morgan fingerprint density at radius 2 is 1.70 bits per heavy atom. The average molecular weight is 281 g/mol. The van der Waals surface area contributed by atoms with E-state index >= 15 is 0 Å². The molecule has 1 N–H and O–H groups in total. The first-order valence-corrected chi connectivity index (χ1v) is 8.84. The summed E-state index contributed by atoms with van der Waals surface area (Å²) in [4.78, 5) is 2.61. The average Bonchev–Trinajstić information content (AvgIpc) is 2.39. The van der Waals surface area contributed by atoms with Crippen molar-refractivity contribution in [2.75, 3.05) is 13.1 Å². The molecule has 1 aliphatic heterocycles. The maximum Gasteiger partial charge on any atom is 0.0695 e. The highest BCUT2D eigenvalue weighted by Crippen LogP contribution is 2.40. The summed E-state index contributed by atoms with van der Waals surface area (Å²) in [6.45, 7) is 11.8. The van der Waals surface area contributed by atoms with Gasteiger partial charge in [0.15, 0.2) is 0 Å². The molecule has 0 bridgehead atoms. The van der Waals surface area contributed by atoms with Crippen LogP contribution in [0.5, 0.6) is 0 Å². The molecule has 0 radical (unpaired) electrons. The lowest BCUT2D eigenvalue weighted by Crippen LogP contribution is -2.51. The number of aliphatic hydroxyl groups is 1. The molecule has 2 rings (SSSR count). The molecule has 2 aliphatic rings. The summed E-state index contributed by atoms with van der Waals surface area (Å²) in [5, 5.41) is 10.4. The molecule has 1 saturated heterocycles. The Kier molecular flexibility index (Phi) is 5.53. The number of piperidine rings is 1. The molecule has 2 nitrogen and oxygen atoms in total. The van der Waals surface area contributed by atoms with Crippen LogP contribution in [0.25, 0.3) is 0 Å². The van der Waals surface area contributed by atoms with Gasteiger partial charge < -0.3 is 5.11 Å². The van der Waals surface area contributed by atoms with Gasteiger partial charge in [0.1, 0.15) is 0 Å². The standard InChI is InChI=1S/C18H35NO/c1-5-6-14-9-11-19(12-10-14)16-13-15(18(2,3)4)7-8-17(16)20/h14-17,20H,5-13H2,1-4H3. The van der Waals surface area contributed by atoms with Gasteiger partial charge in [0.25, 0.3) is 0 Å². The van der Waals surface area contributed by atoms with Gasteiger partial charge in [-0.1, -0.05) is 40.5 Å². The number of nitrogens with zero attached hydrogens (tertiary/aromatic N) is 1. The molecular weight excluding hydrogens is 246 g/mol. The van der Waals surface area contributed by atoms with Crippen molar-refractivity contribution in [2.24, 2.45) is 17.3 Å². The highest BCUT2D eigenvalue weighted by atomic mass is 16.3. The Labute approximate surface area is 125 Å². The van der Waals surface area contributed by atoms with E-state index in [9.17, 15) is 5.11 Å². The predicted octanol–water partition coefficient (Wildman–Crippen LogP) is 4.07. The van der Waals surface area contributed by atoms with Gasteiger partial charge in [-0.05, 0) is 62.4 Å². The first-order valence-electron chi connectivity index (χ1n) is 8.84. The number of aliphatic hydroxyl groups excluding tert-OH is 1. The second-order valence-electron chi connectivity index (χ2n) is 8.28. The van der Waals surface area contributed by atoms with Crippen molar-refractivity contribution in [1.82, 2.24) is 4.90 Å². The lowest BCUT2D eigenvalue weighted by atomic mass is 9.69. The molecular formula is C18H35NO. The van der Waals surface area contributed by atoms with Gasteiger partial charge >= 0.3 is 0 Å². The predicted molar refractivity (Wildman–Crippen MR) is 85.8 cm³/mol. The van der Waals surface area contributed by atoms with E-state index in [1.165, 1.54) is 51.6 Å². The van der Waals surface area contributed by atoms with Gasteiger partial charge in [-0.25, -0.2) is 0 Å². The molecule has 2 heteroatoms. The van der Waals surface area contributed by atoms with E-state index in [0.717, 1.165) is 18.3 Å². The fourth-order valence-corrected chi connectivity index (χ4v) is 4.29. The van der Waals surface area contributed by atoms with Gasteiger partial charge in [0.2, 0.25) is 0 Å². The van der Waals surface area contributed by atoms with Crippen LogP contribution in [-0.2, 0) is 0 Å². The topological polar surface area (TPSA) is 23.5 Å². The lowest BCUT2D eigenvalue weighted by Gasteiger charge is -2.46. The van der Waals surface area contributed by atoms with Gasteiger partial charge in [-0.2, -0.15) is 0 Å². The fraction of sp³-hybridized carbons (Fsp3) is 1.00. The van der Waals surface area contributed by atoms with Crippen molar-refractivity contribution in [3.63, 3.8) is 0 Å². The van der Waals surface area contributed by atoms with Crippen molar-refractivity contribution in [3.8, 4) is 0 Å². The third-order valence-corrected chi connectivity index (χ3v) is 5.82. The van der Waals surface area contributed by atoms with E-state index < -0.39 is 0 Å². The minimum Gasteiger partial charge on any atom is -0.391 e. The Morgan fingerprint density at radius 3 is 2.25 bits per heavy atom. The Morgan fingerprint density at radius 1 is 1.05 bits per heavy atom. The van der Waals surface area contributed by atoms with Crippen LogP contribution in [0.4, 0.5) is 0 Å². The highest BCUT2D eigenvalue weighted by Gasteiger charge is 2.38. The zero-order valence-corrected chi connectivity index (χ0v) is 14.1. The Hall–Kier alpha value is -0.0800. The van der Waals surface area contributed by atoms with Crippen LogP contribution in [0, 0.1) is 17.3 Å². The van der Waals surface area contributed by atoms with E-state index in [4.69, 9.17) is 0 Å². The molecule has 0 aromatic rings. The monoisotopic (exact) mass is 281 g/mol. The maximum atomic E-state index is 10.4. The number of likely N-dealkylation sites (tertiary alicyclic amines) is 1. The number of hydrogen-bond acceptors (Lipinski definition) is 2. The largest absolute Gasteiger partial charge is 0.391 e. The van der Waals surface area contributed by atoms with E-state index in [-0.39, 0.29) is 6.10 Å². The van der Waals surface area contributed by atoms with Crippen molar-refractivity contribution in [2.45, 2.75) is 84.8 Å². The Bertz CT molecular complexity index is 288. The van der Waals surface area contributed by atoms with Gasteiger partial charge in [0.05, 0.1) is 6.10 Å². The lowest BCUT2D eigenvalue weighted by molar-refractivity contribution is -0.0286. The SMILES string of the molecule is CCCC1CCN(C2CC(C(C)(C)C)CCC2O)CC1. The molecule has 1 saturated carbocycles. The summed E-state index contributed by atoms with van der Waals surface area (Å²) in [6, 6.07) is 0.426. The second kappa shape index (κ2) is 6.79. The van der Waals surface area contributed by atoms with Crippen LogP contribution in [0.2, 0.25) is 0 Å². The third-order valence-electron chi connectivity index (χ3n) is 5.82. The van der Waals surface area contributed by atoms with Crippen LogP contribution >= 0.6 is 0 Å². The van der Waals surface area contributed by atoms with Gasteiger partial charge in [-0.3, -0.25) is 4.90 Å². The Balaban J connectivity index is 1.90. The fourth-order valence-electron chi connectivity index (χ4n) is 4.29. The van der Waals surface area contributed by atoms with Crippen LogP contribution in [0.3, 0.4) is 0 Å². The van der Waals surface area contributed by atoms with E-state index in [1.54, 1.807) is 0 Å². The minimum atomic E-state index is -0.0867. The summed E-state index contributed by atoms with van der Waals surface area (Å²) in [5.74, 6) is 1.71. The van der Waals surface area contributed by atoms with Gasteiger partial charge in [0, 0.05) is 6.04 Å². The molecule has 3 atom stereocenters. The van der Waals surface area contributed by atoms with Crippen LogP contribution in [0.15, 0.2) is 0 Å². The molecule has 1 heterocycles. The zero-order valence-electron chi connectivity index (χ0n) is 14.1. The number of rotatable bonds is 3. The quantitative estimate of drug-likeness (QED) is 0.843. The summed E-state index contributed by atoms with van der Waals surface area (Å²) >= 11 is 0. The summed E-state index contributed by atoms with van der Waals surface area (Å²) in [6.07, 6.45) is 8.72. The second-order valence-corrected chi connectivity index (χ2v) is 8.28. The molecule has 2 fully saturated rings. The zero-order chi connectivity index (χ0) is 14.8. The molecule has 0 amide bonds. The molecule has 0 spiro atoms. The molecule has 20 heavy (non-hydrogen) atoms. The van der Waals surface area contributed by atoms with E-state index in [0.29, 0.717) is 11.5 Å². The molecule has 3 unspecified atom stereocenters. The molecule has 0 aromatic heterocycles. The smallest absolute Gasteiger partial charge is 0.0695 e. The first-order chi connectivity index (χ1) is 9.41. The van der Waals surface area contributed by atoms with Crippen LogP contribution < -0.4 is 0 Å². The highest BCUT2D eigenvalue weighted by molar-refractivity contribution is 4.92. The van der Waals surface area contributed by atoms with E-state index in [2.05, 4.69) is 32.6 Å². The van der Waals surface area contributed by atoms with Crippen molar-refractivity contribution in [3.05, 3.63) is 0 Å². The van der Waals surface area contributed by atoms with E-state index in [1.807, 2.05) is 0 Å². The van der Waals surface area contributed by atoms with Crippen LogP contribution in [0.1, 0.15) is 72.6 Å². The van der Waals surface area contributed by atoms with Crippen molar-refractivity contribution in [1.29, 1.82) is 0 Å². The molecule has 118 valence electrons. The maximum absolute atomic E-state index is 10.4. The summed E-state index contributed by atoms with van der Waals surface area (Å²) in [5.41, 5.74) is 0.388. The minimum absolute atomic E-state index is 0.0867. The molecule has 0 aromatic carbocycles. The van der Waals surface area contributed by atoms with Crippen molar-refractivity contribution < 1.29 is 5.11 Å². The number of hydrogen-bond donors (Lipinski definition) is 1. The third kappa shape index (κ3) is 3.98. The van der Waals surface area contributed by atoms with Crippen molar-refractivity contribution >= 4 is 0 Å². The molecule has 1 aliphatic carbocycles. The normalized spacial score (nSPS) is 34.4. The first kappa shape index (κ1) is 16.3. The summed E-state index contributed by atoms with van der Waals surface area (Å²) < 4.78 is 0. The van der Waals surface area contributed by atoms with Gasteiger partial charge in [-0.15, -0.1) is 0 Å².